The summed E-state index contributed by atoms with van der Waals surface area (Å²) in [7, 11) is 0. The first kappa shape index (κ1) is 13.9. The van der Waals surface area contributed by atoms with Gasteiger partial charge in [-0.05, 0) is 6.07 Å². The van der Waals surface area contributed by atoms with E-state index in [0.717, 1.165) is 11.3 Å². The minimum Gasteiger partial charge on any atom is -0.463 e. The molecule has 0 radical (unpaired) electrons. The Bertz CT molecular complexity index is 634. The number of nitro benzene ring substituents is 1. The molecule has 0 aliphatic rings. The average molecular weight is 297 g/mol. The van der Waals surface area contributed by atoms with Crippen LogP contribution in [0, 0.1) is 10.1 Å². The van der Waals surface area contributed by atoms with Gasteiger partial charge in [-0.1, -0.05) is 16.6 Å². The van der Waals surface area contributed by atoms with E-state index in [9.17, 15) is 19.4 Å². The van der Waals surface area contributed by atoms with Gasteiger partial charge in [0.15, 0.2) is 6.04 Å². The van der Waals surface area contributed by atoms with Gasteiger partial charge in [0.2, 0.25) is 0 Å². The molecule has 1 aromatic carbocycles. The third kappa shape index (κ3) is 2.57. The molecule has 1 aromatic heterocycles. The summed E-state index contributed by atoms with van der Waals surface area (Å²) >= 11 is 1.01. The molecule has 1 N–H and O–H groups in total. The SMILES string of the molecule is O=C(O)N(F)C(c1nccs1)c1ccccc1[N+](=O)[O-]. The number of hydrogen-bond donors (Lipinski definition) is 1. The van der Waals surface area contributed by atoms with E-state index in [4.69, 9.17) is 5.11 Å². The fourth-order valence-electron chi connectivity index (χ4n) is 1.72. The van der Waals surface area contributed by atoms with Crippen molar-refractivity contribution in [3.8, 4) is 0 Å². The largest absolute Gasteiger partial charge is 0.463 e. The molecule has 0 aliphatic heterocycles. The topological polar surface area (TPSA) is 96.6 Å². The molecular formula is C11H8FN3O4S. The van der Waals surface area contributed by atoms with Gasteiger partial charge in [-0.15, -0.1) is 16.5 Å². The van der Waals surface area contributed by atoms with Crippen molar-refractivity contribution >= 4 is 23.1 Å². The van der Waals surface area contributed by atoms with Crippen molar-refractivity contribution in [2.75, 3.05) is 0 Å². The van der Waals surface area contributed by atoms with E-state index in [1.807, 2.05) is 0 Å². The van der Waals surface area contributed by atoms with Crippen LogP contribution in [0.4, 0.5) is 15.0 Å². The molecule has 1 unspecified atom stereocenters. The van der Waals surface area contributed by atoms with Crippen molar-refractivity contribution < 1.29 is 19.3 Å². The van der Waals surface area contributed by atoms with Crippen molar-refractivity contribution in [3.63, 3.8) is 0 Å². The van der Waals surface area contributed by atoms with Gasteiger partial charge in [0.25, 0.3) is 5.69 Å². The molecule has 1 heterocycles. The van der Waals surface area contributed by atoms with E-state index in [1.54, 1.807) is 0 Å². The Kier molecular flexibility index (Phi) is 3.89. The summed E-state index contributed by atoms with van der Waals surface area (Å²) in [6.07, 6.45) is -0.472. The van der Waals surface area contributed by atoms with Crippen LogP contribution in [-0.2, 0) is 0 Å². The summed E-state index contributed by atoms with van der Waals surface area (Å²) < 4.78 is 13.9. The number of aromatic nitrogens is 1. The Balaban J connectivity index is 2.58. The smallest absolute Gasteiger partial charge is 0.436 e. The molecule has 104 valence electrons. The number of rotatable bonds is 4. The Morgan fingerprint density at radius 1 is 1.50 bits per heavy atom. The van der Waals surface area contributed by atoms with Gasteiger partial charge in [0, 0.05) is 17.6 Å². The third-order valence-electron chi connectivity index (χ3n) is 2.52. The molecule has 0 spiro atoms. The van der Waals surface area contributed by atoms with Crippen molar-refractivity contribution in [2.24, 2.45) is 0 Å². The standard InChI is InChI=1S/C11H8FN3O4S/c12-14(11(16)17)9(10-13-5-6-20-10)7-3-1-2-4-8(7)15(18)19/h1-6,9H,(H,16,17). The number of carboxylic acid groups (broad SMARTS) is 1. The van der Waals surface area contributed by atoms with Crippen LogP contribution in [0.25, 0.3) is 0 Å². The molecule has 1 atom stereocenters. The highest BCUT2D eigenvalue weighted by Crippen LogP contribution is 2.35. The Morgan fingerprint density at radius 3 is 2.75 bits per heavy atom. The van der Waals surface area contributed by atoms with E-state index in [-0.39, 0.29) is 16.3 Å². The molecule has 1 amide bonds. The second kappa shape index (κ2) is 5.61. The van der Waals surface area contributed by atoms with E-state index in [2.05, 4.69) is 4.98 Å². The van der Waals surface area contributed by atoms with Crippen LogP contribution >= 0.6 is 11.3 Å². The van der Waals surface area contributed by atoms with Gasteiger partial charge >= 0.3 is 6.09 Å². The number of nitrogens with zero attached hydrogens (tertiary/aromatic N) is 3. The van der Waals surface area contributed by atoms with E-state index < -0.39 is 22.2 Å². The van der Waals surface area contributed by atoms with Crippen molar-refractivity contribution in [2.45, 2.75) is 6.04 Å². The molecule has 7 nitrogen and oxygen atoms in total. The summed E-state index contributed by atoms with van der Waals surface area (Å²) in [4.78, 5) is 25.0. The van der Waals surface area contributed by atoms with E-state index in [0.29, 0.717) is 0 Å². The molecular weight excluding hydrogens is 289 g/mol. The fourth-order valence-corrected chi connectivity index (χ4v) is 2.45. The van der Waals surface area contributed by atoms with Crippen LogP contribution in [0.2, 0.25) is 0 Å². The number of hydrogen-bond acceptors (Lipinski definition) is 5. The molecule has 0 saturated carbocycles. The maximum Gasteiger partial charge on any atom is 0.436 e. The highest BCUT2D eigenvalue weighted by molar-refractivity contribution is 7.09. The molecule has 2 aromatic rings. The normalized spacial score (nSPS) is 11.8. The number of para-hydroxylation sites is 1. The van der Waals surface area contributed by atoms with Crippen LogP contribution < -0.4 is 0 Å². The maximum absolute atomic E-state index is 13.9. The minimum atomic E-state index is -1.84. The average Bonchev–Trinajstić information content (AvgIpc) is 2.93. The monoisotopic (exact) mass is 297 g/mol. The minimum absolute atomic E-state index is 0.0719. The summed E-state index contributed by atoms with van der Waals surface area (Å²) in [5.74, 6) is 0. The van der Waals surface area contributed by atoms with Gasteiger partial charge in [-0.25, -0.2) is 9.78 Å². The van der Waals surface area contributed by atoms with Gasteiger partial charge in [-0.2, -0.15) is 0 Å². The van der Waals surface area contributed by atoms with Crippen molar-refractivity contribution in [1.29, 1.82) is 0 Å². The predicted molar refractivity (Wildman–Crippen MR) is 68.0 cm³/mol. The van der Waals surface area contributed by atoms with Crippen LogP contribution in [-0.4, -0.2) is 26.2 Å². The predicted octanol–water partition coefficient (Wildman–Crippen LogP) is 3.01. The number of nitro groups is 1. The lowest BCUT2D eigenvalue weighted by Crippen LogP contribution is -2.27. The fraction of sp³-hybridized carbons (Fsp3) is 0.0909. The van der Waals surface area contributed by atoms with Crippen LogP contribution in [0.3, 0.4) is 0 Å². The van der Waals surface area contributed by atoms with Crippen molar-refractivity contribution in [1.82, 2.24) is 10.1 Å². The highest BCUT2D eigenvalue weighted by Gasteiger charge is 2.34. The van der Waals surface area contributed by atoms with Crippen LogP contribution in [0.1, 0.15) is 16.6 Å². The first-order valence-electron chi connectivity index (χ1n) is 5.33. The Labute approximate surface area is 116 Å². The molecule has 0 bridgehead atoms. The van der Waals surface area contributed by atoms with Gasteiger partial charge < -0.3 is 5.11 Å². The maximum atomic E-state index is 13.9. The molecule has 20 heavy (non-hydrogen) atoms. The number of thiazole rings is 1. The van der Waals surface area contributed by atoms with E-state index in [1.165, 1.54) is 35.8 Å². The molecule has 0 saturated heterocycles. The zero-order valence-electron chi connectivity index (χ0n) is 9.84. The number of halogens is 1. The lowest BCUT2D eigenvalue weighted by molar-refractivity contribution is -0.386. The molecule has 0 fully saturated rings. The second-order valence-electron chi connectivity index (χ2n) is 3.68. The zero-order chi connectivity index (χ0) is 14.7. The molecule has 9 heteroatoms. The molecule has 2 rings (SSSR count). The van der Waals surface area contributed by atoms with Gasteiger partial charge in [0.05, 0.1) is 10.5 Å². The summed E-state index contributed by atoms with van der Waals surface area (Å²) in [5.41, 5.74) is -0.436. The first-order valence-corrected chi connectivity index (χ1v) is 6.21. The summed E-state index contributed by atoms with van der Waals surface area (Å²) in [6, 6.07) is 3.92. The lowest BCUT2D eigenvalue weighted by Gasteiger charge is -2.19. The summed E-state index contributed by atoms with van der Waals surface area (Å²) in [6.45, 7) is 0. The Hall–Kier alpha value is -2.55. The number of carbonyl (C=O) groups is 1. The third-order valence-corrected chi connectivity index (χ3v) is 3.35. The lowest BCUT2D eigenvalue weighted by atomic mass is 10.1. The summed E-state index contributed by atoms with van der Waals surface area (Å²) in [5, 5.41) is 21.0. The number of benzene rings is 1. The Morgan fingerprint density at radius 2 is 2.20 bits per heavy atom. The first-order chi connectivity index (χ1) is 9.52. The van der Waals surface area contributed by atoms with Crippen molar-refractivity contribution in [3.05, 3.63) is 56.5 Å². The zero-order valence-corrected chi connectivity index (χ0v) is 10.7. The van der Waals surface area contributed by atoms with E-state index >= 15 is 0 Å². The quantitative estimate of drug-likeness (QED) is 0.531. The van der Waals surface area contributed by atoms with Crippen LogP contribution in [0.5, 0.6) is 0 Å². The number of amides is 1. The molecule has 0 aliphatic carbocycles. The second-order valence-corrected chi connectivity index (χ2v) is 4.61. The highest BCUT2D eigenvalue weighted by atomic mass is 32.1. The van der Waals surface area contributed by atoms with Gasteiger partial charge in [0.1, 0.15) is 5.01 Å². The van der Waals surface area contributed by atoms with Crippen LogP contribution in [0.15, 0.2) is 35.8 Å². The van der Waals surface area contributed by atoms with Gasteiger partial charge in [-0.3, -0.25) is 10.1 Å².